The van der Waals surface area contributed by atoms with Crippen LogP contribution in [0.4, 0.5) is 0 Å². The van der Waals surface area contributed by atoms with E-state index >= 15 is 0 Å². The third-order valence-corrected chi connectivity index (χ3v) is 2.68. The second-order valence-electron chi connectivity index (χ2n) is 3.68. The van der Waals surface area contributed by atoms with Crippen molar-refractivity contribution < 1.29 is 0 Å². The fourth-order valence-corrected chi connectivity index (χ4v) is 1.87. The third kappa shape index (κ3) is 1.14. The Kier molecular flexibility index (Phi) is 1.68. The zero-order valence-electron chi connectivity index (χ0n) is 7.62. The van der Waals surface area contributed by atoms with Gasteiger partial charge in [0.1, 0.15) is 0 Å². The molecule has 3 heteroatoms. The molecule has 1 aliphatic rings. The quantitative estimate of drug-likeness (QED) is 0.704. The summed E-state index contributed by atoms with van der Waals surface area (Å²) in [4.78, 5) is 0. The normalized spacial score (nSPS) is 27.6. The average Bonchev–Trinajstić information content (AvgIpc) is 2.72. The van der Waals surface area contributed by atoms with Crippen molar-refractivity contribution in [1.29, 1.82) is 0 Å². The van der Waals surface area contributed by atoms with Crippen LogP contribution >= 0.6 is 0 Å². The van der Waals surface area contributed by atoms with E-state index in [2.05, 4.69) is 18.2 Å². The maximum absolute atomic E-state index is 5.59. The lowest BCUT2D eigenvalue weighted by atomic mass is 10.1. The summed E-state index contributed by atoms with van der Waals surface area (Å²) in [5, 5.41) is 4.32. The van der Waals surface area contributed by atoms with Crippen LogP contribution in [0.2, 0.25) is 0 Å². The Morgan fingerprint density at radius 2 is 2.50 bits per heavy atom. The molecule has 1 aromatic heterocycles. The lowest BCUT2D eigenvalue weighted by Crippen LogP contribution is -2.01. The van der Waals surface area contributed by atoms with Crippen molar-refractivity contribution in [2.45, 2.75) is 19.3 Å². The predicted molar refractivity (Wildman–Crippen MR) is 47.8 cm³/mol. The zero-order valence-corrected chi connectivity index (χ0v) is 7.62. The summed E-state index contributed by atoms with van der Waals surface area (Å²) in [7, 11) is 1.97. The first-order valence-corrected chi connectivity index (χ1v) is 4.42. The van der Waals surface area contributed by atoms with E-state index in [0.717, 1.165) is 6.54 Å². The van der Waals surface area contributed by atoms with Crippen molar-refractivity contribution in [1.82, 2.24) is 9.78 Å². The van der Waals surface area contributed by atoms with E-state index in [1.54, 1.807) is 0 Å². The molecule has 1 aromatic rings. The third-order valence-electron chi connectivity index (χ3n) is 2.68. The van der Waals surface area contributed by atoms with Crippen LogP contribution in [-0.4, -0.2) is 16.3 Å². The topological polar surface area (TPSA) is 43.8 Å². The number of hydrogen-bond acceptors (Lipinski definition) is 2. The molecule has 2 atom stereocenters. The monoisotopic (exact) mass is 165 g/mol. The second-order valence-corrected chi connectivity index (χ2v) is 3.68. The Labute approximate surface area is 72.6 Å². The molecule has 2 rings (SSSR count). The van der Waals surface area contributed by atoms with Gasteiger partial charge in [-0.05, 0) is 37.3 Å². The van der Waals surface area contributed by atoms with E-state index in [9.17, 15) is 0 Å². The molecule has 0 bridgehead atoms. The van der Waals surface area contributed by atoms with E-state index in [1.165, 1.54) is 17.7 Å². The van der Waals surface area contributed by atoms with Crippen LogP contribution in [0, 0.1) is 12.8 Å². The molecular formula is C9H15N3. The van der Waals surface area contributed by atoms with E-state index in [1.807, 2.05) is 11.7 Å². The zero-order chi connectivity index (χ0) is 8.72. The number of rotatable bonds is 2. The van der Waals surface area contributed by atoms with Gasteiger partial charge in [0, 0.05) is 13.2 Å². The molecule has 1 aliphatic carbocycles. The highest BCUT2D eigenvalue weighted by Crippen LogP contribution is 2.47. The number of hydrogen-bond donors (Lipinski definition) is 1. The Bertz CT molecular complexity index is 290. The summed E-state index contributed by atoms with van der Waals surface area (Å²) in [5.41, 5.74) is 8.15. The first-order chi connectivity index (χ1) is 5.72. The van der Waals surface area contributed by atoms with Gasteiger partial charge in [-0.3, -0.25) is 4.68 Å². The lowest BCUT2D eigenvalue weighted by Gasteiger charge is -1.93. The minimum Gasteiger partial charge on any atom is -0.330 e. The molecule has 12 heavy (non-hydrogen) atoms. The molecule has 1 fully saturated rings. The molecule has 0 amide bonds. The van der Waals surface area contributed by atoms with Gasteiger partial charge in [-0.15, -0.1) is 0 Å². The Balaban J connectivity index is 2.19. The first-order valence-electron chi connectivity index (χ1n) is 4.42. The molecule has 0 spiro atoms. The summed E-state index contributed by atoms with van der Waals surface area (Å²) >= 11 is 0. The van der Waals surface area contributed by atoms with Gasteiger partial charge in [0.2, 0.25) is 0 Å². The smallest absolute Gasteiger partial charge is 0.0628 e. The number of nitrogens with zero attached hydrogens (tertiary/aromatic N) is 2. The van der Waals surface area contributed by atoms with Crippen LogP contribution in [0.15, 0.2) is 6.20 Å². The van der Waals surface area contributed by atoms with E-state index < -0.39 is 0 Å². The van der Waals surface area contributed by atoms with Crippen LogP contribution in [0.25, 0.3) is 0 Å². The van der Waals surface area contributed by atoms with E-state index in [-0.39, 0.29) is 0 Å². The molecule has 0 aliphatic heterocycles. The van der Waals surface area contributed by atoms with Gasteiger partial charge in [0.25, 0.3) is 0 Å². The molecule has 3 nitrogen and oxygen atoms in total. The summed E-state index contributed by atoms with van der Waals surface area (Å²) < 4.78 is 1.89. The van der Waals surface area contributed by atoms with Crippen molar-refractivity contribution in [3.05, 3.63) is 17.5 Å². The number of aromatic nitrogens is 2. The van der Waals surface area contributed by atoms with Crippen molar-refractivity contribution in [3.8, 4) is 0 Å². The summed E-state index contributed by atoms with van der Waals surface area (Å²) in [6.07, 6.45) is 3.37. The highest BCUT2D eigenvalue weighted by Gasteiger charge is 2.38. The van der Waals surface area contributed by atoms with Crippen LogP contribution < -0.4 is 5.73 Å². The second kappa shape index (κ2) is 2.59. The molecule has 0 radical (unpaired) electrons. The molecule has 0 aromatic carbocycles. The van der Waals surface area contributed by atoms with Gasteiger partial charge >= 0.3 is 0 Å². The van der Waals surface area contributed by atoms with E-state index in [4.69, 9.17) is 5.73 Å². The SMILES string of the molecule is Cc1nn(C)cc1[C@@H]1C[C@H]1CN. The fraction of sp³-hybridized carbons (Fsp3) is 0.667. The molecule has 66 valence electrons. The molecule has 1 heterocycles. The minimum atomic E-state index is 0.698. The van der Waals surface area contributed by atoms with Crippen LogP contribution in [-0.2, 0) is 7.05 Å². The van der Waals surface area contributed by atoms with Crippen molar-refractivity contribution >= 4 is 0 Å². The highest BCUT2D eigenvalue weighted by atomic mass is 15.2. The first kappa shape index (κ1) is 7.80. The van der Waals surface area contributed by atoms with Gasteiger partial charge < -0.3 is 5.73 Å². The number of nitrogens with two attached hydrogens (primary N) is 1. The average molecular weight is 165 g/mol. The van der Waals surface area contributed by atoms with Crippen molar-refractivity contribution in [3.63, 3.8) is 0 Å². The fourth-order valence-electron chi connectivity index (χ4n) is 1.87. The van der Waals surface area contributed by atoms with Gasteiger partial charge in [-0.25, -0.2) is 0 Å². The molecule has 1 saturated carbocycles. The highest BCUT2D eigenvalue weighted by molar-refractivity contribution is 5.27. The summed E-state index contributed by atoms with van der Waals surface area (Å²) in [6.45, 7) is 2.89. The molecule has 0 unspecified atom stereocenters. The van der Waals surface area contributed by atoms with Crippen molar-refractivity contribution in [2.24, 2.45) is 18.7 Å². The van der Waals surface area contributed by atoms with Crippen molar-refractivity contribution in [2.75, 3.05) is 6.54 Å². The Morgan fingerprint density at radius 1 is 1.75 bits per heavy atom. The lowest BCUT2D eigenvalue weighted by molar-refractivity contribution is 0.756. The number of aryl methyl sites for hydroxylation is 2. The predicted octanol–water partition coefficient (Wildman–Crippen LogP) is 0.791. The largest absolute Gasteiger partial charge is 0.330 e. The van der Waals surface area contributed by atoms with Gasteiger partial charge in [0.05, 0.1) is 5.69 Å². The van der Waals surface area contributed by atoms with Crippen LogP contribution in [0.1, 0.15) is 23.6 Å². The van der Waals surface area contributed by atoms with Crippen LogP contribution in [0.3, 0.4) is 0 Å². The van der Waals surface area contributed by atoms with Crippen LogP contribution in [0.5, 0.6) is 0 Å². The van der Waals surface area contributed by atoms with E-state index in [0.29, 0.717) is 11.8 Å². The maximum Gasteiger partial charge on any atom is 0.0628 e. The Hall–Kier alpha value is -0.830. The Morgan fingerprint density at radius 3 is 2.92 bits per heavy atom. The molecule has 2 N–H and O–H groups in total. The standard InChI is InChI=1S/C9H15N3/c1-6-9(5-12(2)11-6)8-3-7(8)4-10/h5,7-8H,3-4,10H2,1-2H3/t7-,8+/m0/s1. The van der Waals surface area contributed by atoms with Gasteiger partial charge in [-0.1, -0.05) is 0 Å². The molecule has 0 saturated heterocycles. The summed E-state index contributed by atoms with van der Waals surface area (Å²) in [6, 6.07) is 0. The maximum atomic E-state index is 5.59. The molecular weight excluding hydrogens is 150 g/mol. The minimum absolute atomic E-state index is 0.698. The van der Waals surface area contributed by atoms with Gasteiger partial charge in [0.15, 0.2) is 0 Å². The summed E-state index contributed by atoms with van der Waals surface area (Å²) in [5.74, 6) is 1.41. The van der Waals surface area contributed by atoms with Gasteiger partial charge in [-0.2, -0.15) is 5.10 Å².